The van der Waals surface area contributed by atoms with Crippen LogP contribution in [0.3, 0.4) is 0 Å². The van der Waals surface area contributed by atoms with Gasteiger partial charge in [-0.1, -0.05) is 54.6 Å². The van der Waals surface area contributed by atoms with Crippen molar-refractivity contribution < 1.29 is 4.79 Å². The molecule has 0 aromatic heterocycles. The number of hydrogen-bond acceptors (Lipinski definition) is 1. The molecular weight excluding hydrogens is 244 g/mol. The van der Waals surface area contributed by atoms with E-state index in [9.17, 15) is 4.79 Å². The van der Waals surface area contributed by atoms with Crippen molar-refractivity contribution in [3.63, 3.8) is 0 Å². The number of Topliss-reactive ketones (excluding diaryl/α,β-unsaturated/α-hetero) is 1. The van der Waals surface area contributed by atoms with Crippen molar-refractivity contribution in [2.45, 2.75) is 20.8 Å². The van der Waals surface area contributed by atoms with Crippen molar-refractivity contribution in [2.24, 2.45) is 5.41 Å². The number of carbonyl (C=O) groups is 1. The van der Waals surface area contributed by atoms with E-state index in [4.69, 9.17) is 0 Å². The van der Waals surface area contributed by atoms with Crippen LogP contribution in [0.4, 0.5) is 0 Å². The molecule has 0 fully saturated rings. The number of allylic oxidation sites excluding steroid dienone is 1. The summed E-state index contributed by atoms with van der Waals surface area (Å²) in [7, 11) is 0. The van der Waals surface area contributed by atoms with Crippen molar-refractivity contribution in [3.05, 3.63) is 65.7 Å². The molecule has 20 heavy (non-hydrogen) atoms. The van der Waals surface area contributed by atoms with Gasteiger partial charge in [0.05, 0.1) is 0 Å². The Bertz CT molecular complexity index is 673. The number of fused-ring (bicyclic) bond motifs is 3. The summed E-state index contributed by atoms with van der Waals surface area (Å²) < 4.78 is 0. The van der Waals surface area contributed by atoms with Crippen LogP contribution in [0.5, 0.6) is 0 Å². The van der Waals surface area contributed by atoms with E-state index < -0.39 is 5.41 Å². The molecule has 3 rings (SSSR count). The molecule has 2 aromatic carbocycles. The van der Waals surface area contributed by atoms with Gasteiger partial charge in [-0.15, -0.1) is 0 Å². The zero-order valence-electron chi connectivity index (χ0n) is 12.1. The number of hydrogen-bond donors (Lipinski definition) is 0. The van der Waals surface area contributed by atoms with Gasteiger partial charge in [0.2, 0.25) is 0 Å². The predicted molar refractivity (Wildman–Crippen MR) is 83.4 cm³/mol. The molecule has 0 N–H and O–H groups in total. The zero-order chi connectivity index (χ0) is 14.3. The maximum absolute atomic E-state index is 11.8. The minimum Gasteiger partial charge on any atom is -0.299 e. The normalized spacial score (nSPS) is 12.8. The minimum absolute atomic E-state index is 0.187. The summed E-state index contributed by atoms with van der Waals surface area (Å²) in [6, 6.07) is 16.8. The lowest BCUT2D eigenvalue weighted by Gasteiger charge is -2.18. The molecule has 2 aromatic rings. The van der Waals surface area contributed by atoms with Crippen LogP contribution >= 0.6 is 0 Å². The Morgan fingerprint density at radius 3 is 1.65 bits per heavy atom. The topological polar surface area (TPSA) is 17.1 Å². The summed E-state index contributed by atoms with van der Waals surface area (Å²) in [4.78, 5) is 11.8. The third-order valence-corrected chi connectivity index (χ3v) is 4.14. The molecular formula is C19H18O. The molecule has 1 heteroatoms. The average molecular weight is 262 g/mol. The lowest BCUT2D eigenvalue weighted by molar-refractivity contribution is -0.122. The van der Waals surface area contributed by atoms with Crippen LogP contribution in [-0.2, 0) is 4.79 Å². The van der Waals surface area contributed by atoms with Gasteiger partial charge in [-0.2, -0.15) is 0 Å². The van der Waals surface area contributed by atoms with E-state index >= 15 is 0 Å². The smallest absolute Gasteiger partial charge is 0.139 e. The molecule has 0 saturated heterocycles. The lowest BCUT2D eigenvalue weighted by atomic mass is 9.85. The molecule has 0 radical (unpaired) electrons. The lowest BCUT2D eigenvalue weighted by Crippen LogP contribution is -2.18. The second kappa shape index (κ2) is 4.45. The quantitative estimate of drug-likeness (QED) is 0.653. The highest BCUT2D eigenvalue weighted by atomic mass is 16.1. The van der Waals surface area contributed by atoms with Gasteiger partial charge in [-0.25, -0.2) is 0 Å². The highest BCUT2D eigenvalue weighted by molar-refractivity contribution is 6.02. The summed E-state index contributed by atoms with van der Waals surface area (Å²) in [5.41, 5.74) is 5.70. The van der Waals surface area contributed by atoms with Crippen LogP contribution in [0.25, 0.3) is 16.7 Å². The molecule has 0 spiro atoms. The van der Waals surface area contributed by atoms with Crippen molar-refractivity contribution in [3.8, 4) is 11.1 Å². The van der Waals surface area contributed by atoms with E-state index in [1.807, 2.05) is 13.8 Å². The number of carbonyl (C=O) groups excluding carboxylic acids is 1. The molecule has 0 heterocycles. The second-order valence-electron chi connectivity index (χ2n) is 5.93. The first kappa shape index (κ1) is 12.9. The van der Waals surface area contributed by atoms with E-state index in [1.165, 1.54) is 27.8 Å². The molecule has 1 aliphatic rings. The predicted octanol–water partition coefficient (Wildman–Crippen LogP) is 4.71. The Morgan fingerprint density at radius 1 is 0.850 bits per heavy atom. The molecule has 100 valence electrons. The summed E-state index contributed by atoms with van der Waals surface area (Å²) in [6.07, 6.45) is 2.11. The largest absolute Gasteiger partial charge is 0.299 e. The van der Waals surface area contributed by atoms with Gasteiger partial charge in [0.25, 0.3) is 0 Å². The van der Waals surface area contributed by atoms with Crippen molar-refractivity contribution >= 4 is 11.4 Å². The van der Waals surface area contributed by atoms with Gasteiger partial charge >= 0.3 is 0 Å². The second-order valence-corrected chi connectivity index (χ2v) is 5.93. The summed E-state index contributed by atoms with van der Waals surface area (Å²) in [6.45, 7) is 5.61. The zero-order valence-corrected chi connectivity index (χ0v) is 12.1. The van der Waals surface area contributed by atoms with Crippen molar-refractivity contribution in [2.75, 3.05) is 0 Å². The minimum atomic E-state index is -0.445. The van der Waals surface area contributed by atoms with Crippen LogP contribution in [0.2, 0.25) is 0 Å². The molecule has 0 bridgehead atoms. The standard InChI is InChI=1S/C19H18O/c1-13(20)19(2,3)12-18-16-10-6-4-8-14(16)15-9-5-7-11-17(15)18/h4-12H,1-3H3. The highest BCUT2D eigenvalue weighted by Crippen LogP contribution is 2.45. The van der Waals surface area contributed by atoms with Crippen molar-refractivity contribution in [1.82, 2.24) is 0 Å². The first-order valence-corrected chi connectivity index (χ1v) is 6.94. The fraction of sp³-hybridized carbons (Fsp3) is 0.211. The van der Waals surface area contributed by atoms with Crippen LogP contribution in [0, 0.1) is 5.41 Å². The van der Waals surface area contributed by atoms with Gasteiger partial charge in [0.1, 0.15) is 5.78 Å². The van der Waals surface area contributed by atoms with Crippen LogP contribution < -0.4 is 0 Å². The number of rotatable bonds is 2. The Morgan fingerprint density at radius 2 is 1.25 bits per heavy atom. The van der Waals surface area contributed by atoms with E-state index in [0.717, 1.165) is 0 Å². The molecule has 1 nitrogen and oxygen atoms in total. The maximum Gasteiger partial charge on any atom is 0.139 e. The molecule has 1 aliphatic carbocycles. The molecule has 0 aliphatic heterocycles. The monoisotopic (exact) mass is 262 g/mol. The molecule has 0 atom stereocenters. The summed E-state index contributed by atoms with van der Waals surface area (Å²) in [5, 5.41) is 0. The first-order valence-electron chi connectivity index (χ1n) is 6.94. The van der Waals surface area contributed by atoms with E-state index in [2.05, 4.69) is 54.6 Å². The van der Waals surface area contributed by atoms with Crippen LogP contribution in [0.15, 0.2) is 54.6 Å². The summed E-state index contributed by atoms with van der Waals surface area (Å²) in [5.74, 6) is 0.187. The van der Waals surface area contributed by atoms with E-state index in [-0.39, 0.29) is 5.78 Å². The average Bonchev–Trinajstić information content (AvgIpc) is 2.74. The van der Waals surface area contributed by atoms with Crippen molar-refractivity contribution in [1.29, 1.82) is 0 Å². The van der Waals surface area contributed by atoms with E-state index in [0.29, 0.717) is 0 Å². The Kier molecular flexibility index (Phi) is 2.86. The molecule has 0 saturated carbocycles. The first-order chi connectivity index (χ1) is 9.50. The van der Waals surface area contributed by atoms with E-state index in [1.54, 1.807) is 6.92 Å². The SMILES string of the molecule is CC(=O)C(C)(C)C=C1c2ccccc2-c2ccccc21. The highest BCUT2D eigenvalue weighted by Gasteiger charge is 2.27. The number of benzene rings is 2. The van der Waals surface area contributed by atoms with Gasteiger partial charge in [-0.3, -0.25) is 4.79 Å². The number of ketones is 1. The van der Waals surface area contributed by atoms with Gasteiger partial charge in [0, 0.05) is 5.41 Å². The van der Waals surface area contributed by atoms with Gasteiger partial charge < -0.3 is 0 Å². The van der Waals surface area contributed by atoms with Gasteiger partial charge in [0.15, 0.2) is 0 Å². The maximum atomic E-state index is 11.8. The fourth-order valence-electron chi connectivity index (χ4n) is 2.67. The van der Waals surface area contributed by atoms with Crippen LogP contribution in [0.1, 0.15) is 31.9 Å². The summed E-state index contributed by atoms with van der Waals surface area (Å²) >= 11 is 0. The third-order valence-electron chi connectivity index (χ3n) is 4.14. The fourth-order valence-corrected chi connectivity index (χ4v) is 2.67. The third kappa shape index (κ3) is 1.90. The Hall–Kier alpha value is -2.15. The van der Waals surface area contributed by atoms with Gasteiger partial charge in [-0.05, 0) is 48.6 Å². The molecule has 0 unspecified atom stereocenters. The Balaban J connectivity index is 2.27. The van der Waals surface area contributed by atoms with Crippen LogP contribution in [-0.4, -0.2) is 5.78 Å². The molecule has 0 amide bonds. The Labute approximate surface area is 120 Å².